The Morgan fingerprint density at radius 2 is 1.94 bits per heavy atom. The lowest BCUT2D eigenvalue weighted by molar-refractivity contribution is 0.119. The molecule has 5 nitrogen and oxygen atoms in total. The van der Waals surface area contributed by atoms with E-state index in [1.165, 1.54) is 11.5 Å². The Labute approximate surface area is 114 Å². The first-order valence-corrected chi connectivity index (χ1v) is 7.83. The Balaban J connectivity index is 1.84. The van der Waals surface area contributed by atoms with Crippen molar-refractivity contribution in [2.24, 2.45) is 10.7 Å². The van der Waals surface area contributed by atoms with Crippen molar-refractivity contribution in [1.29, 1.82) is 0 Å². The second-order valence-corrected chi connectivity index (χ2v) is 6.42. The van der Waals surface area contributed by atoms with Crippen molar-refractivity contribution in [2.75, 3.05) is 64.9 Å². The fourth-order valence-electron chi connectivity index (χ4n) is 2.39. The molecule has 2 aliphatic heterocycles. The highest BCUT2D eigenvalue weighted by Gasteiger charge is 2.22. The summed E-state index contributed by atoms with van der Waals surface area (Å²) in [5.41, 5.74) is 6.08. The predicted octanol–water partition coefficient (Wildman–Crippen LogP) is -0.404. The van der Waals surface area contributed by atoms with Gasteiger partial charge < -0.3 is 15.5 Å². The van der Waals surface area contributed by atoms with Gasteiger partial charge in [0.1, 0.15) is 0 Å². The molecular formula is C12H25N5S. The van der Waals surface area contributed by atoms with Crippen LogP contribution in [0, 0.1) is 0 Å². The molecule has 0 radical (unpaired) electrons. The monoisotopic (exact) mass is 271 g/mol. The third-order valence-corrected chi connectivity index (χ3v) is 4.72. The van der Waals surface area contributed by atoms with E-state index in [0.717, 1.165) is 45.2 Å². The number of guanidine groups is 1. The molecule has 0 bridgehead atoms. The van der Waals surface area contributed by atoms with Crippen molar-refractivity contribution in [1.82, 2.24) is 14.7 Å². The molecule has 104 valence electrons. The van der Waals surface area contributed by atoms with Gasteiger partial charge in [0.05, 0.1) is 6.54 Å². The van der Waals surface area contributed by atoms with Crippen LogP contribution in [0.25, 0.3) is 0 Å². The predicted molar refractivity (Wildman–Crippen MR) is 79.3 cm³/mol. The number of nitrogens with zero attached hydrogens (tertiary/aromatic N) is 4. The Hall–Kier alpha value is -0.460. The molecule has 0 saturated carbocycles. The van der Waals surface area contributed by atoms with E-state index in [-0.39, 0.29) is 0 Å². The van der Waals surface area contributed by atoms with E-state index in [4.69, 9.17) is 5.73 Å². The molecule has 0 aromatic carbocycles. The summed E-state index contributed by atoms with van der Waals surface area (Å²) in [6.45, 7) is 6.26. The lowest BCUT2D eigenvalue weighted by Crippen LogP contribution is -2.51. The Morgan fingerprint density at radius 1 is 1.22 bits per heavy atom. The van der Waals surface area contributed by atoms with E-state index in [1.54, 1.807) is 0 Å². The Morgan fingerprint density at radius 3 is 2.67 bits per heavy atom. The molecule has 0 amide bonds. The van der Waals surface area contributed by atoms with Gasteiger partial charge in [-0.1, -0.05) is 0 Å². The van der Waals surface area contributed by atoms with Gasteiger partial charge in [-0.3, -0.25) is 9.89 Å². The molecule has 18 heavy (non-hydrogen) atoms. The SMILES string of the molecule is CN1CCN(C)C(CN=C(N)N2CCSCC2)C1. The number of piperazine rings is 1. The third-order valence-electron chi connectivity index (χ3n) is 3.78. The van der Waals surface area contributed by atoms with Crippen molar-refractivity contribution in [2.45, 2.75) is 6.04 Å². The normalized spacial score (nSPS) is 28.7. The van der Waals surface area contributed by atoms with Crippen molar-refractivity contribution in [3.8, 4) is 0 Å². The Bertz CT molecular complexity index is 290. The molecule has 2 N–H and O–H groups in total. The maximum Gasteiger partial charge on any atom is 0.191 e. The standard InChI is InChI=1S/C12H25N5S/c1-15-3-4-16(2)11(10-15)9-14-12(13)17-5-7-18-8-6-17/h11H,3-10H2,1-2H3,(H2,13,14). The van der Waals surface area contributed by atoms with Crippen LogP contribution < -0.4 is 5.73 Å². The van der Waals surface area contributed by atoms with E-state index < -0.39 is 0 Å². The van der Waals surface area contributed by atoms with Crippen molar-refractivity contribution < 1.29 is 0 Å². The summed E-state index contributed by atoms with van der Waals surface area (Å²) in [6, 6.07) is 0.501. The fraction of sp³-hybridized carbons (Fsp3) is 0.917. The van der Waals surface area contributed by atoms with Gasteiger partial charge in [-0.2, -0.15) is 11.8 Å². The van der Waals surface area contributed by atoms with Crippen LogP contribution >= 0.6 is 11.8 Å². The second kappa shape index (κ2) is 6.63. The van der Waals surface area contributed by atoms with Gasteiger partial charge in [0.2, 0.25) is 0 Å². The van der Waals surface area contributed by atoms with Crippen molar-refractivity contribution >= 4 is 17.7 Å². The zero-order valence-corrected chi connectivity index (χ0v) is 12.3. The van der Waals surface area contributed by atoms with Crippen LogP contribution in [0.15, 0.2) is 4.99 Å². The van der Waals surface area contributed by atoms with Gasteiger partial charge in [0.25, 0.3) is 0 Å². The van der Waals surface area contributed by atoms with E-state index in [1.807, 2.05) is 11.8 Å². The number of hydrogen-bond acceptors (Lipinski definition) is 4. The van der Waals surface area contributed by atoms with E-state index in [9.17, 15) is 0 Å². The van der Waals surface area contributed by atoms with E-state index in [0.29, 0.717) is 6.04 Å². The van der Waals surface area contributed by atoms with Crippen molar-refractivity contribution in [3.05, 3.63) is 0 Å². The number of hydrogen-bond donors (Lipinski definition) is 1. The van der Waals surface area contributed by atoms with Gasteiger partial charge in [-0.05, 0) is 14.1 Å². The number of likely N-dealkylation sites (N-methyl/N-ethyl adjacent to an activating group) is 2. The van der Waals surface area contributed by atoms with Gasteiger partial charge in [-0.25, -0.2) is 0 Å². The van der Waals surface area contributed by atoms with E-state index in [2.05, 4.69) is 33.8 Å². The van der Waals surface area contributed by atoms with Crippen LogP contribution in [0.4, 0.5) is 0 Å². The van der Waals surface area contributed by atoms with Crippen molar-refractivity contribution in [3.63, 3.8) is 0 Å². The molecule has 6 heteroatoms. The highest BCUT2D eigenvalue weighted by Crippen LogP contribution is 2.09. The summed E-state index contributed by atoms with van der Waals surface area (Å²) < 4.78 is 0. The minimum Gasteiger partial charge on any atom is -0.370 e. The van der Waals surface area contributed by atoms with Gasteiger partial charge in [0, 0.05) is 50.3 Å². The molecule has 2 rings (SSSR count). The molecule has 2 aliphatic rings. The molecule has 2 heterocycles. The molecule has 2 fully saturated rings. The number of rotatable bonds is 2. The summed E-state index contributed by atoms with van der Waals surface area (Å²) in [4.78, 5) is 11.6. The van der Waals surface area contributed by atoms with E-state index >= 15 is 0 Å². The molecule has 2 saturated heterocycles. The summed E-state index contributed by atoms with van der Waals surface area (Å²) in [5.74, 6) is 3.07. The average Bonchev–Trinajstić information content (AvgIpc) is 2.40. The zero-order valence-electron chi connectivity index (χ0n) is 11.5. The minimum atomic E-state index is 0.501. The van der Waals surface area contributed by atoms with Crippen LogP contribution in [-0.4, -0.2) is 91.6 Å². The van der Waals surface area contributed by atoms with Crippen LogP contribution in [0.2, 0.25) is 0 Å². The van der Waals surface area contributed by atoms with Gasteiger partial charge in [-0.15, -0.1) is 0 Å². The zero-order chi connectivity index (χ0) is 13.0. The number of nitrogens with two attached hydrogens (primary N) is 1. The lowest BCUT2D eigenvalue weighted by atomic mass is 10.2. The number of aliphatic imine (C=N–C) groups is 1. The molecule has 1 unspecified atom stereocenters. The van der Waals surface area contributed by atoms with Crippen LogP contribution in [0.3, 0.4) is 0 Å². The summed E-state index contributed by atoms with van der Waals surface area (Å²) in [5, 5.41) is 0. The highest BCUT2D eigenvalue weighted by molar-refractivity contribution is 7.99. The first kappa shape index (κ1) is 14.0. The average molecular weight is 271 g/mol. The summed E-state index contributed by atoms with van der Waals surface area (Å²) in [6.07, 6.45) is 0. The molecule has 1 atom stereocenters. The maximum absolute atomic E-state index is 6.08. The van der Waals surface area contributed by atoms with Crippen LogP contribution in [0.1, 0.15) is 0 Å². The van der Waals surface area contributed by atoms with Crippen LogP contribution in [0.5, 0.6) is 0 Å². The molecule has 0 aliphatic carbocycles. The minimum absolute atomic E-state index is 0.501. The summed E-state index contributed by atoms with van der Waals surface area (Å²) >= 11 is 2.00. The van der Waals surface area contributed by atoms with Gasteiger partial charge >= 0.3 is 0 Å². The lowest BCUT2D eigenvalue weighted by Gasteiger charge is -2.37. The first-order valence-electron chi connectivity index (χ1n) is 6.68. The molecular weight excluding hydrogens is 246 g/mol. The largest absolute Gasteiger partial charge is 0.370 e. The van der Waals surface area contributed by atoms with Gasteiger partial charge in [0.15, 0.2) is 5.96 Å². The molecule has 0 aromatic heterocycles. The smallest absolute Gasteiger partial charge is 0.191 e. The quantitative estimate of drug-likeness (QED) is 0.547. The second-order valence-electron chi connectivity index (χ2n) is 5.19. The fourth-order valence-corrected chi connectivity index (χ4v) is 3.29. The molecule has 0 aromatic rings. The number of thioether (sulfide) groups is 1. The van der Waals surface area contributed by atoms with Crippen LogP contribution in [-0.2, 0) is 0 Å². The highest BCUT2D eigenvalue weighted by atomic mass is 32.2. The topological polar surface area (TPSA) is 48.1 Å². The first-order chi connectivity index (χ1) is 8.66. The summed E-state index contributed by atoms with van der Waals surface area (Å²) in [7, 11) is 4.36. The Kier molecular flexibility index (Phi) is 5.14. The molecule has 0 spiro atoms. The third kappa shape index (κ3) is 3.76. The maximum atomic E-state index is 6.08.